The summed E-state index contributed by atoms with van der Waals surface area (Å²) in [4.78, 5) is 14.9. The lowest BCUT2D eigenvalue weighted by molar-refractivity contribution is -0.184. The van der Waals surface area contributed by atoms with Gasteiger partial charge in [-0.15, -0.1) is 0 Å². The van der Waals surface area contributed by atoms with E-state index in [9.17, 15) is 4.79 Å². The Balaban J connectivity index is 1.85. The molecule has 0 aromatic carbocycles. The van der Waals surface area contributed by atoms with Crippen LogP contribution in [0.4, 0.5) is 0 Å². The molecule has 2 aliphatic heterocycles. The first-order chi connectivity index (χ1) is 8.89. The Labute approximate surface area is 115 Å². The Kier molecular flexibility index (Phi) is 2.81. The van der Waals surface area contributed by atoms with Gasteiger partial charge in [0, 0.05) is 31.0 Å². The van der Waals surface area contributed by atoms with Gasteiger partial charge in [-0.05, 0) is 19.8 Å². The lowest BCUT2D eigenvalue weighted by Gasteiger charge is -2.61. The van der Waals surface area contributed by atoms with Crippen molar-refractivity contribution in [3.8, 4) is 0 Å². The Bertz CT molecular complexity index is 443. The van der Waals surface area contributed by atoms with Crippen LogP contribution in [0.5, 0.6) is 0 Å². The molecular weight excluding hydrogens is 240 g/mol. The smallest absolute Gasteiger partial charge is 0.244 e. The number of hydrogen-bond donors (Lipinski definition) is 1. The minimum atomic E-state index is -0.744. The molecule has 1 amide bonds. The molecular formula is C15H24N2O2. The number of nitrogens with zero attached hydrogens (tertiary/aromatic N) is 1. The van der Waals surface area contributed by atoms with Gasteiger partial charge >= 0.3 is 0 Å². The molecule has 3 atom stereocenters. The van der Waals surface area contributed by atoms with Crippen molar-refractivity contribution < 1.29 is 9.53 Å². The lowest BCUT2D eigenvalue weighted by atomic mass is 9.47. The number of carbonyl (C=O) groups excluding carboxylic acids is 1. The van der Waals surface area contributed by atoms with Crippen LogP contribution in [-0.2, 0) is 9.53 Å². The van der Waals surface area contributed by atoms with Crippen molar-refractivity contribution in [2.75, 3.05) is 19.7 Å². The molecule has 2 heterocycles. The molecule has 0 aromatic rings. The van der Waals surface area contributed by atoms with E-state index in [0.717, 1.165) is 32.5 Å². The van der Waals surface area contributed by atoms with Crippen LogP contribution in [0.1, 0.15) is 33.6 Å². The van der Waals surface area contributed by atoms with Gasteiger partial charge in [-0.2, -0.15) is 0 Å². The number of fused-ring (bicyclic) bond motifs is 1. The molecule has 4 heteroatoms. The van der Waals surface area contributed by atoms with Crippen molar-refractivity contribution in [2.24, 2.45) is 17.1 Å². The molecule has 3 unspecified atom stereocenters. The van der Waals surface area contributed by atoms with Crippen molar-refractivity contribution in [3.63, 3.8) is 0 Å². The minimum Gasteiger partial charge on any atom is -0.377 e. The highest BCUT2D eigenvalue weighted by molar-refractivity contribution is 5.90. The molecule has 0 bridgehead atoms. The van der Waals surface area contributed by atoms with Gasteiger partial charge in [0.2, 0.25) is 5.91 Å². The van der Waals surface area contributed by atoms with Gasteiger partial charge in [-0.3, -0.25) is 4.79 Å². The normalized spacial score (nSPS) is 40.4. The van der Waals surface area contributed by atoms with Crippen LogP contribution in [0.25, 0.3) is 0 Å². The highest BCUT2D eigenvalue weighted by atomic mass is 16.5. The Morgan fingerprint density at radius 3 is 2.95 bits per heavy atom. The molecule has 4 nitrogen and oxygen atoms in total. The molecule has 1 saturated carbocycles. The third kappa shape index (κ3) is 1.56. The van der Waals surface area contributed by atoms with Gasteiger partial charge in [0.15, 0.2) is 0 Å². The molecule has 0 aromatic heterocycles. The van der Waals surface area contributed by atoms with E-state index < -0.39 is 5.54 Å². The Morgan fingerprint density at radius 1 is 1.53 bits per heavy atom. The Hall–Kier alpha value is -0.870. The molecule has 0 spiro atoms. The third-order valence-corrected chi connectivity index (χ3v) is 5.43. The van der Waals surface area contributed by atoms with E-state index in [-0.39, 0.29) is 23.3 Å². The van der Waals surface area contributed by atoms with E-state index >= 15 is 0 Å². The van der Waals surface area contributed by atoms with Gasteiger partial charge in [0.25, 0.3) is 0 Å². The third-order valence-electron chi connectivity index (χ3n) is 5.43. The zero-order valence-electron chi connectivity index (χ0n) is 12.1. The van der Waals surface area contributed by atoms with Crippen LogP contribution in [0.3, 0.4) is 0 Å². The molecule has 0 radical (unpaired) electrons. The Morgan fingerprint density at radius 2 is 2.26 bits per heavy atom. The molecule has 106 valence electrons. The van der Waals surface area contributed by atoms with Crippen LogP contribution in [0, 0.1) is 11.3 Å². The molecule has 2 fully saturated rings. The van der Waals surface area contributed by atoms with Gasteiger partial charge in [0.05, 0.1) is 6.10 Å². The standard InChI is InChI=1S/C15H24N2O2/c1-10-5-4-7-17(9-10)13(18)15(16)11-6-8-19-12(11)14(15,2)3/h5,11-12H,4,6-9,16H2,1-3H3. The van der Waals surface area contributed by atoms with E-state index in [2.05, 4.69) is 26.8 Å². The number of nitrogens with two attached hydrogens (primary N) is 1. The van der Waals surface area contributed by atoms with E-state index in [1.807, 2.05) is 4.90 Å². The lowest BCUT2D eigenvalue weighted by Crippen LogP contribution is -2.80. The minimum absolute atomic E-state index is 0.122. The maximum atomic E-state index is 12.9. The van der Waals surface area contributed by atoms with Gasteiger partial charge in [0.1, 0.15) is 5.54 Å². The van der Waals surface area contributed by atoms with Crippen molar-refractivity contribution in [1.82, 2.24) is 4.90 Å². The first kappa shape index (κ1) is 13.1. The van der Waals surface area contributed by atoms with Crippen LogP contribution in [0.2, 0.25) is 0 Å². The van der Waals surface area contributed by atoms with Crippen molar-refractivity contribution in [3.05, 3.63) is 11.6 Å². The summed E-state index contributed by atoms with van der Waals surface area (Å²) in [5.41, 5.74) is 6.85. The molecule has 3 aliphatic rings. The summed E-state index contributed by atoms with van der Waals surface area (Å²) in [6, 6.07) is 0. The summed E-state index contributed by atoms with van der Waals surface area (Å²) in [5, 5.41) is 0. The van der Waals surface area contributed by atoms with Crippen molar-refractivity contribution in [2.45, 2.75) is 45.3 Å². The predicted octanol–water partition coefficient (Wildman–Crippen LogP) is 1.31. The van der Waals surface area contributed by atoms with E-state index in [4.69, 9.17) is 10.5 Å². The maximum absolute atomic E-state index is 12.9. The fourth-order valence-electron chi connectivity index (χ4n) is 4.16. The van der Waals surface area contributed by atoms with E-state index in [0.29, 0.717) is 0 Å². The first-order valence-electron chi connectivity index (χ1n) is 7.24. The largest absolute Gasteiger partial charge is 0.377 e. The SMILES string of the molecule is CC1=CCCN(C(=O)C2(N)C3CCOC3C2(C)C)C1. The molecule has 1 saturated heterocycles. The van der Waals surface area contributed by atoms with Crippen LogP contribution in [-0.4, -0.2) is 42.1 Å². The van der Waals surface area contributed by atoms with Crippen molar-refractivity contribution in [1.29, 1.82) is 0 Å². The topological polar surface area (TPSA) is 55.6 Å². The molecule has 1 aliphatic carbocycles. The van der Waals surface area contributed by atoms with E-state index in [1.54, 1.807) is 0 Å². The fourth-order valence-corrected chi connectivity index (χ4v) is 4.16. The summed E-state index contributed by atoms with van der Waals surface area (Å²) < 4.78 is 5.76. The van der Waals surface area contributed by atoms with E-state index in [1.165, 1.54) is 5.57 Å². The number of carbonyl (C=O) groups is 1. The fraction of sp³-hybridized carbons (Fsp3) is 0.800. The average Bonchev–Trinajstić information content (AvgIpc) is 2.85. The highest BCUT2D eigenvalue weighted by Gasteiger charge is 2.71. The number of rotatable bonds is 1. The zero-order chi connectivity index (χ0) is 13.8. The molecule has 2 N–H and O–H groups in total. The second-order valence-electron chi connectivity index (χ2n) is 6.84. The second-order valence-corrected chi connectivity index (χ2v) is 6.84. The number of hydrogen-bond acceptors (Lipinski definition) is 3. The number of amides is 1. The zero-order valence-corrected chi connectivity index (χ0v) is 12.1. The average molecular weight is 264 g/mol. The summed E-state index contributed by atoms with van der Waals surface area (Å²) >= 11 is 0. The molecule has 19 heavy (non-hydrogen) atoms. The quantitative estimate of drug-likeness (QED) is 0.726. The van der Waals surface area contributed by atoms with Crippen LogP contribution >= 0.6 is 0 Å². The molecule has 3 rings (SSSR count). The summed E-state index contributed by atoms with van der Waals surface area (Å²) in [7, 11) is 0. The summed E-state index contributed by atoms with van der Waals surface area (Å²) in [5.74, 6) is 0.318. The highest BCUT2D eigenvalue weighted by Crippen LogP contribution is 2.58. The maximum Gasteiger partial charge on any atom is 0.244 e. The van der Waals surface area contributed by atoms with Crippen molar-refractivity contribution >= 4 is 5.91 Å². The predicted molar refractivity (Wildman–Crippen MR) is 73.5 cm³/mol. The van der Waals surface area contributed by atoms with Crippen LogP contribution in [0.15, 0.2) is 11.6 Å². The van der Waals surface area contributed by atoms with Gasteiger partial charge < -0.3 is 15.4 Å². The first-order valence-corrected chi connectivity index (χ1v) is 7.24. The summed E-state index contributed by atoms with van der Waals surface area (Å²) in [6.07, 6.45) is 4.22. The van der Waals surface area contributed by atoms with Gasteiger partial charge in [-0.1, -0.05) is 25.5 Å². The number of ether oxygens (including phenoxy) is 1. The van der Waals surface area contributed by atoms with Crippen LogP contribution < -0.4 is 5.73 Å². The second kappa shape index (κ2) is 4.06. The monoisotopic (exact) mass is 264 g/mol. The summed E-state index contributed by atoms with van der Waals surface area (Å²) in [6.45, 7) is 8.49. The van der Waals surface area contributed by atoms with Gasteiger partial charge in [-0.25, -0.2) is 0 Å².